The van der Waals surface area contributed by atoms with Gasteiger partial charge >= 0.3 is 0 Å². The van der Waals surface area contributed by atoms with Gasteiger partial charge in [0.2, 0.25) is 0 Å². The van der Waals surface area contributed by atoms with Crippen LogP contribution in [0.1, 0.15) is 12.5 Å². The zero-order chi connectivity index (χ0) is 21.5. The van der Waals surface area contributed by atoms with Crippen LogP contribution in [0.15, 0.2) is 115 Å². The van der Waals surface area contributed by atoms with Crippen LogP contribution in [-0.2, 0) is 6.42 Å². The Balaban J connectivity index is 1.53. The van der Waals surface area contributed by atoms with Crippen LogP contribution < -0.4 is 0 Å². The minimum atomic E-state index is 1.00. The van der Waals surface area contributed by atoms with Gasteiger partial charge in [-0.25, -0.2) is 0 Å². The molecule has 0 spiro atoms. The van der Waals surface area contributed by atoms with Gasteiger partial charge in [-0.2, -0.15) is 0 Å². The van der Waals surface area contributed by atoms with Gasteiger partial charge in [0.25, 0.3) is 0 Å². The van der Waals surface area contributed by atoms with Crippen molar-refractivity contribution < 1.29 is 0 Å². The SMILES string of the molecule is CCc1c(-c2ccc3ccccc3c2)ccc2ccc(-c3ccc4ccccc4c3)cc12. The Kier molecular flexibility index (Phi) is 4.51. The van der Waals surface area contributed by atoms with Crippen molar-refractivity contribution in [1.29, 1.82) is 0 Å². The van der Waals surface area contributed by atoms with Crippen LogP contribution in [0.25, 0.3) is 54.6 Å². The highest BCUT2D eigenvalue weighted by Crippen LogP contribution is 2.35. The number of aryl methyl sites for hydroxylation is 1. The third-order valence-electron chi connectivity index (χ3n) is 6.63. The first kappa shape index (κ1) is 18.8. The molecule has 6 aromatic carbocycles. The fraction of sp³-hybridized carbons (Fsp3) is 0.0625. The molecule has 6 aromatic rings. The molecule has 0 heteroatoms. The lowest BCUT2D eigenvalue weighted by molar-refractivity contribution is 1.16. The van der Waals surface area contributed by atoms with Gasteiger partial charge in [-0.3, -0.25) is 0 Å². The number of fused-ring (bicyclic) bond motifs is 3. The van der Waals surface area contributed by atoms with Crippen LogP contribution >= 0.6 is 0 Å². The van der Waals surface area contributed by atoms with Crippen molar-refractivity contribution in [3.63, 3.8) is 0 Å². The summed E-state index contributed by atoms with van der Waals surface area (Å²) in [6.07, 6.45) is 1.00. The van der Waals surface area contributed by atoms with Crippen molar-refractivity contribution >= 4 is 32.3 Å². The van der Waals surface area contributed by atoms with Gasteiger partial charge < -0.3 is 0 Å². The number of hydrogen-bond donors (Lipinski definition) is 0. The molecule has 6 rings (SSSR count). The smallest absolute Gasteiger partial charge is 0.0140 e. The number of benzene rings is 6. The maximum absolute atomic E-state index is 2.38. The average Bonchev–Trinajstić information content (AvgIpc) is 2.87. The summed E-state index contributed by atoms with van der Waals surface area (Å²) in [5.41, 5.74) is 6.58. The molecule has 0 aliphatic carbocycles. The standard InChI is InChI=1S/C32H24/c1-2-30-31(29-16-12-23-8-4-6-10-26(23)20-29)18-17-24-13-15-28(21-32(24)30)27-14-11-22-7-3-5-9-25(22)19-27/h3-21H,2H2,1H3. The zero-order valence-electron chi connectivity index (χ0n) is 18.2. The normalized spacial score (nSPS) is 11.4. The van der Waals surface area contributed by atoms with Gasteiger partial charge in [0.1, 0.15) is 0 Å². The Hall–Kier alpha value is -3.90. The van der Waals surface area contributed by atoms with E-state index in [4.69, 9.17) is 0 Å². The molecule has 0 saturated heterocycles. The van der Waals surface area contributed by atoms with E-state index in [0.717, 1.165) is 6.42 Å². The summed E-state index contributed by atoms with van der Waals surface area (Å²) in [7, 11) is 0. The van der Waals surface area contributed by atoms with Crippen LogP contribution in [0.4, 0.5) is 0 Å². The van der Waals surface area contributed by atoms with Crippen LogP contribution in [0.5, 0.6) is 0 Å². The maximum Gasteiger partial charge on any atom is -0.0140 e. The summed E-state index contributed by atoms with van der Waals surface area (Å²) in [5.74, 6) is 0. The summed E-state index contributed by atoms with van der Waals surface area (Å²) in [6, 6.07) is 42.2. The molecular weight excluding hydrogens is 384 g/mol. The number of hydrogen-bond acceptors (Lipinski definition) is 0. The predicted molar refractivity (Wildman–Crippen MR) is 139 cm³/mol. The van der Waals surface area contributed by atoms with Crippen molar-refractivity contribution in [3.05, 3.63) is 121 Å². The van der Waals surface area contributed by atoms with Crippen molar-refractivity contribution in [2.24, 2.45) is 0 Å². The first-order valence-electron chi connectivity index (χ1n) is 11.3. The van der Waals surface area contributed by atoms with E-state index in [2.05, 4.69) is 122 Å². The molecule has 0 radical (unpaired) electrons. The van der Waals surface area contributed by atoms with E-state index < -0.39 is 0 Å². The lowest BCUT2D eigenvalue weighted by Gasteiger charge is -2.14. The summed E-state index contributed by atoms with van der Waals surface area (Å²) >= 11 is 0. The second-order valence-electron chi connectivity index (χ2n) is 8.51. The Bertz CT molecular complexity index is 1600. The maximum atomic E-state index is 2.38. The van der Waals surface area contributed by atoms with Crippen LogP contribution in [0, 0.1) is 0 Å². The Morgan fingerprint density at radius 3 is 1.59 bits per heavy atom. The van der Waals surface area contributed by atoms with Gasteiger partial charge in [0.05, 0.1) is 0 Å². The largest absolute Gasteiger partial charge is 0.0616 e. The van der Waals surface area contributed by atoms with Crippen molar-refractivity contribution in [3.8, 4) is 22.3 Å². The van der Waals surface area contributed by atoms with Gasteiger partial charge in [-0.05, 0) is 84.8 Å². The minimum Gasteiger partial charge on any atom is -0.0616 e. The third-order valence-corrected chi connectivity index (χ3v) is 6.63. The molecule has 0 atom stereocenters. The lowest BCUT2D eigenvalue weighted by atomic mass is 9.90. The molecule has 0 bridgehead atoms. The van der Waals surface area contributed by atoms with Crippen molar-refractivity contribution in [1.82, 2.24) is 0 Å². The first-order valence-corrected chi connectivity index (χ1v) is 11.3. The lowest BCUT2D eigenvalue weighted by Crippen LogP contribution is -1.91. The number of rotatable bonds is 3. The molecule has 0 heterocycles. The van der Waals surface area contributed by atoms with E-state index >= 15 is 0 Å². The quantitative estimate of drug-likeness (QED) is 0.274. The molecule has 0 fully saturated rings. The second kappa shape index (κ2) is 7.66. The molecule has 0 aliphatic heterocycles. The summed E-state index contributed by atoms with van der Waals surface area (Å²) in [4.78, 5) is 0. The highest BCUT2D eigenvalue weighted by atomic mass is 14.1. The monoisotopic (exact) mass is 408 g/mol. The molecule has 0 amide bonds. The highest BCUT2D eigenvalue weighted by molar-refractivity contribution is 5.97. The second-order valence-corrected chi connectivity index (χ2v) is 8.51. The summed E-state index contributed by atoms with van der Waals surface area (Å²) in [5, 5.41) is 7.79. The molecule has 0 N–H and O–H groups in total. The summed E-state index contributed by atoms with van der Waals surface area (Å²) < 4.78 is 0. The van der Waals surface area contributed by atoms with Crippen LogP contribution in [0.3, 0.4) is 0 Å². The van der Waals surface area contributed by atoms with E-state index in [1.807, 2.05) is 0 Å². The minimum absolute atomic E-state index is 1.00. The van der Waals surface area contributed by atoms with Crippen molar-refractivity contribution in [2.75, 3.05) is 0 Å². The first-order chi connectivity index (χ1) is 15.8. The fourth-order valence-corrected chi connectivity index (χ4v) is 4.94. The average molecular weight is 409 g/mol. The van der Waals surface area contributed by atoms with Crippen LogP contribution in [0.2, 0.25) is 0 Å². The Morgan fingerprint density at radius 1 is 0.438 bits per heavy atom. The topological polar surface area (TPSA) is 0 Å². The molecule has 0 unspecified atom stereocenters. The fourth-order valence-electron chi connectivity index (χ4n) is 4.94. The molecule has 0 saturated carbocycles. The third kappa shape index (κ3) is 3.16. The molecule has 0 nitrogen and oxygen atoms in total. The zero-order valence-corrected chi connectivity index (χ0v) is 18.2. The Labute approximate surface area is 188 Å². The predicted octanol–water partition coefficient (Wildman–Crippen LogP) is 9.04. The molecular formula is C32H24. The van der Waals surface area contributed by atoms with E-state index in [9.17, 15) is 0 Å². The van der Waals surface area contributed by atoms with Gasteiger partial charge in [0.15, 0.2) is 0 Å². The molecule has 0 aromatic heterocycles. The highest BCUT2D eigenvalue weighted by Gasteiger charge is 2.11. The molecule has 152 valence electrons. The Morgan fingerprint density at radius 2 is 0.938 bits per heavy atom. The molecule has 0 aliphatic rings. The van der Waals surface area contributed by atoms with Crippen LogP contribution in [-0.4, -0.2) is 0 Å². The van der Waals surface area contributed by atoms with E-state index in [1.165, 1.54) is 60.1 Å². The van der Waals surface area contributed by atoms with Gasteiger partial charge in [-0.15, -0.1) is 0 Å². The van der Waals surface area contributed by atoms with E-state index in [-0.39, 0.29) is 0 Å². The van der Waals surface area contributed by atoms with Gasteiger partial charge in [-0.1, -0.05) is 104 Å². The van der Waals surface area contributed by atoms with Gasteiger partial charge in [0, 0.05) is 0 Å². The molecule has 32 heavy (non-hydrogen) atoms. The van der Waals surface area contributed by atoms with E-state index in [0.29, 0.717) is 0 Å². The summed E-state index contributed by atoms with van der Waals surface area (Å²) in [6.45, 7) is 2.27. The van der Waals surface area contributed by atoms with E-state index in [1.54, 1.807) is 0 Å². The van der Waals surface area contributed by atoms with Crippen molar-refractivity contribution in [2.45, 2.75) is 13.3 Å².